The molecule has 0 bridgehead atoms. The predicted octanol–water partition coefficient (Wildman–Crippen LogP) is 3.21. The molecule has 0 fully saturated rings. The molecule has 124 valence electrons. The minimum Gasteiger partial charge on any atom is -0.454 e. The minimum absolute atomic E-state index is 0.0392. The lowest BCUT2D eigenvalue weighted by atomic mass is 10.0. The first-order valence-electron chi connectivity index (χ1n) is 8.10. The van der Waals surface area contributed by atoms with Crippen LogP contribution in [0.3, 0.4) is 0 Å². The Kier molecular flexibility index (Phi) is 3.03. The van der Waals surface area contributed by atoms with Crippen LogP contribution in [0.4, 0.5) is 5.69 Å². The topological polar surface area (TPSA) is 65.4 Å². The summed E-state index contributed by atoms with van der Waals surface area (Å²) in [6, 6.07) is 13.5. The van der Waals surface area contributed by atoms with E-state index >= 15 is 0 Å². The molecule has 0 radical (unpaired) electrons. The van der Waals surface area contributed by atoms with Gasteiger partial charge in [0, 0.05) is 17.3 Å². The maximum atomic E-state index is 12.6. The normalized spacial score (nSPS) is 16.4. The van der Waals surface area contributed by atoms with Crippen molar-refractivity contribution in [1.29, 1.82) is 0 Å². The number of nitrogens with zero attached hydrogens (tertiary/aromatic N) is 2. The highest BCUT2D eigenvalue weighted by Gasteiger charge is 2.29. The van der Waals surface area contributed by atoms with Crippen LogP contribution in [0.5, 0.6) is 11.5 Å². The van der Waals surface area contributed by atoms with Crippen molar-refractivity contribution >= 4 is 11.6 Å². The number of benzene rings is 2. The maximum Gasteiger partial charge on any atom is 0.231 e. The molecule has 25 heavy (non-hydrogen) atoms. The summed E-state index contributed by atoms with van der Waals surface area (Å²) in [6.07, 6.45) is 3.97. The third-order valence-electron chi connectivity index (χ3n) is 4.63. The van der Waals surface area contributed by atoms with Crippen molar-refractivity contribution in [2.24, 2.45) is 0 Å². The molecule has 1 amide bonds. The number of carbonyl (C=O) groups excluding carboxylic acids is 1. The fraction of sp³-hybridized carbons (Fsp3) is 0.158. The number of amides is 1. The number of fused-ring (bicyclic) bond motifs is 4. The third-order valence-corrected chi connectivity index (χ3v) is 4.63. The molecule has 1 atom stereocenters. The lowest BCUT2D eigenvalue weighted by molar-refractivity contribution is -0.116. The molecular formula is C19H15N3O3. The number of imidazole rings is 1. The molecule has 3 aromatic rings. The molecule has 1 aromatic heterocycles. The molecular weight excluding hydrogens is 318 g/mol. The lowest BCUT2D eigenvalue weighted by Gasteiger charge is -2.14. The molecule has 2 aliphatic heterocycles. The standard InChI is InChI=1S/C19H15N3O3/c23-19(21-12-5-6-17-18(7-12)25-11-24-17)8-15-13-3-1-2-4-14(13)16-9-20-10-22(15)16/h1-7,9-10,15H,8,11H2,(H,21,23). The van der Waals surface area contributed by atoms with E-state index in [2.05, 4.69) is 27.0 Å². The maximum absolute atomic E-state index is 12.6. The van der Waals surface area contributed by atoms with Crippen molar-refractivity contribution in [2.45, 2.75) is 12.5 Å². The Bertz CT molecular complexity index is 980. The average Bonchev–Trinajstić information content (AvgIpc) is 3.32. The van der Waals surface area contributed by atoms with E-state index in [1.165, 1.54) is 0 Å². The highest BCUT2D eigenvalue weighted by molar-refractivity contribution is 5.92. The predicted molar refractivity (Wildman–Crippen MR) is 91.6 cm³/mol. The summed E-state index contributed by atoms with van der Waals surface area (Å²) in [6.45, 7) is 0.217. The van der Waals surface area contributed by atoms with Gasteiger partial charge < -0.3 is 19.4 Å². The van der Waals surface area contributed by atoms with E-state index in [-0.39, 0.29) is 18.7 Å². The van der Waals surface area contributed by atoms with Gasteiger partial charge in [0.2, 0.25) is 12.7 Å². The first-order valence-corrected chi connectivity index (χ1v) is 8.10. The van der Waals surface area contributed by atoms with Gasteiger partial charge in [-0.25, -0.2) is 4.98 Å². The van der Waals surface area contributed by atoms with Crippen molar-refractivity contribution < 1.29 is 14.3 Å². The van der Waals surface area contributed by atoms with Gasteiger partial charge in [0.25, 0.3) is 0 Å². The number of nitrogens with one attached hydrogen (secondary N) is 1. The van der Waals surface area contributed by atoms with Crippen LogP contribution in [0.2, 0.25) is 0 Å². The Morgan fingerprint density at radius 2 is 2.08 bits per heavy atom. The van der Waals surface area contributed by atoms with Crippen LogP contribution in [0.1, 0.15) is 18.0 Å². The SMILES string of the molecule is O=C(CC1c2ccccc2-c2cncn21)Nc1ccc2c(c1)OCO2. The average molecular weight is 333 g/mol. The van der Waals surface area contributed by atoms with Gasteiger partial charge >= 0.3 is 0 Å². The molecule has 0 aliphatic carbocycles. The van der Waals surface area contributed by atoms with Crippen LogP contribution >= 0.6 is 0 Å². The summed E-state index contributed by atoms with van der Waals surface area (Å²) in [7, 11) is 0. The quantitative estimate of drug-likeness (QED) is 0.799. The van der Waals surface area contributed by atoms with E-state index < -0.39 is 0 Å². The second-order valence-corrected chi connectivity index (χ2v) is 6.11. The molecule has 6 heteroatoms. The number of ether oxygens (including phenoxy) is 2. The molecule has 2 aromatic carbocycles. The summed E-state index contributed by atoms with van der Waals surface area (Å²) in [4.78, 5) is 16.8. The van der Waals surface area contributed by atoms with Crippen molar-refractivity contribution in [1.82, 2.24) is 9.55 Å². The number of aromatic nitrogens is 2. The highest BCUT2D eigenvalue weighted by Crippen LogP contribution is 2.41. The monoisotopic (exact) mass is 333 g/mol. The van der Waals surface area contributed by atoms with Gasteiger partial charge in [0.05, 0.1) is 30.7 Å². The van der Waals surface area contributed by atoms with Gasteiger partial charge in [-0.3, -0.25) is 4.79 Å². The van der Waals surface area contributed by atoms with Gasteiger partial charge in [0.15, 0.2) is 11.5 Å². The molecule has 1 unspecified atom stereocenters. The summed E-state index contributed by atoms with van der Waals surface area (Å²) < 4.78 is 12.7. The number of anilines is 1. The van der Waals surface area contributed by atoms with Crippen molar-refractivity contribution in [3.8, 4) is 22.8 Å². The minimum atomic E-state index is -0.0554. The van der Waals surface area contributed by atoms with Crippen LogP contribution in [-0.4, -0.2) is 22.3 Å². The third kappa shape index (κ3) is 2.26. The first-order chi connectivity index (χ1) is 12.3. The second-order valence-electron chi connectivity index (χ2n) is 6.11. The lowest BCUT2D eigenvalue weighted by Crippen LogP contribution is -2.18. The van der Waals surface area contributed by atoms with Gasteiger partial charge in [-0.15, -0.1) is 0 Å². The van der Waals surface area contributed by atoms with Gasteiger partial charge in [0.1, 0.15) is 0 Å². The number of carbonyl (C=O) groups is 1. The van der Waals surface area contributed by atoms with Crippen LogP contribution in [-0.2, 0) is 4.79 Å². The summed E-state index contributed by atoms with van der Waals surface area (Å²) in [5.41, 5.74) is 4.05. The van der Waals surface area contributed by atoms with E-state index in [1.807, 2.05) is 24.4 Å². The second kappa shape index (κ2) is 5.37. The largest absolute Gasteiger partial charge is 0.454 e. The smallest absolute Gasteiger partial charge is 0.231 e. The highest BCUT2D eigenvalue weighted by atomic mass is 16.7. The van der Waals surface area contributed by atoms with E-state index in [0.717, 1.165) is 16.8 Å². The number of rotatable bonds is 3. The molecule has 3 heterocycles. The van der Waals surface area contributed by atoms with Gasteiger partial charge in [-0.2, -0.15) is 0 Å². The molecule has 2 aliphatic rings. The van der Waals surface area contributed by atoms with Gasteiger partial charge in [-0.1, -0.05) is 24.3 Å². The Morgan fingerprint density at radius 3 is 3.04 bits per heavy atom. The Labute approximate surface area is 144 Å². The van der Waals surface area contributed by atoms with Crippen LogP contribution < -0.4 is 14.8 Å². The van der Waals surface area contributed by atoms with Crippen LogP contribution in [0, 0.1) is 0 Å². The van der Waals surface area contributed by atoms with E-state index in [0.29, 0.717) is 23.6 Å². The Morgan fingerprint density at radius 1 is 1.20 bits per heavy atom. The molecule has 0 saturated heterocycles. The fourth-order valence-corrected chi connectivity index (χ4v) is 3.50. The molecule has 5 rings (SSSR count). The summed E-state index contributed by atoms with van der Waals surface area (Å²) >= 11 is 0. The van der Waals surface area contributed by atoms with Crippen molar-refractivity contribution in [2.75, 3.05) is 12.1 Å². The van der Waals surface area contributed by atoms with Crippen LogP contribution in [0.15, 0.2) is 55.0 Å². The molecule has 1 N–H and O–H groups in total. The zero-order chi connectivity index (χ0) is 16.8. The van der Waals surface area contributed by atoms with E-state index in [1.54, 1.807) is 18.5 Å². The Hall–Kier alpha value is -3.28. The fourth-order valence-electron chi connectivity index (χ4n) is 3.50. The molecule has 6 nitrogen and oxygen atoms in total. The molecule has 0 saturated carbocycles. The Balaban J connectivity index is 1.38. The van der Waals surface area contributed by atoms with E-state index in [4.69, 9.17) is 9.47 Å². The number of hydrogen-bond acceptors (Lipinski definition) is 4. The molecule has 0 spiro atoms. The van der Waals surface area contributed by atoms with E-state index in [9.17, 15) is 4.79 Å². The summed E-state index contributed by atoms with van der Waals surface area (Å²) in [5.74, 6) is 1.30. The zero-order valence-corrected chi connectivity index (χ0v) is 13.3. The van der Waals surface area contributed by atoms with Crippen LogP contribution in [0.25, 0.3) is 11.3 Å². The van der Waals surface area contributed by atoms with Crippen molar-refractivity contribution in [3.05, 3.63) is 60.6 Å². The summed E-state index contributed by atoms with van der Waals surface area (Å²) in [5, 5.41) is 2.94. The van der Waals surface area contributed by atoms with Crippen molar-refractivity contribution in [3.63, 3.8) is 0 Å². The zero-order valence-electron chi connectivity index (χ0n) is 13.3. The number of hydrogen-bond donors (Lipinski definition) is 1. The van der Waals surface area contributed by atoms with Gasteiger partial charge in [-0.05, 0) is 17.7 Å². The first kappa shape index (κ1) is 14.1.